The highest BCUT2D eigenvalue weighted by atomic mass is 35.5. The van der Waals surface area contributed by atoms with Gasteiger partial charge in [0.2, 0.25) is 0 Å². The summed E-state index contributed by atoms with van der Waals surface area (Å²) in [5, 5.41) is 36.0. The number of halogens is 1. The summed E-state index contributed by atoms with van der Waals surface area (Å²) in [5.41, 5.74) is -0.773. The van der Waals surface area contributed by atoms with E-state index in [2.05, 4.69) is 26.4 Å². The zero-order valence-electron chi connectivity index (χ0n) is 13.4. The van der Waals surface area contributed by atoms with Crippen molar-refractivity contribution in [1.82, 2.24) is 10.2 Å². The van der Waals surface area contributed by atoms with Crippen molar-refractivity contribution < 1.29 is 39.5 Å². The van der Waals surface area contributed by atoms with E-state index in [9.17, 15) is 9.59 Å². The molecule has 0 aromatic rings. The van der Waals surface area contributed by atoms with E-state index in [4.69, 9.17) is 20.4 Å². The fraction of sp³-hybridized carbons (Fsp3) is 0.846. The highest BCUT2D eigenvalue weighted by molar-refractivity contribution is 6.61. The van der Waals surface area contributed by atoms with Gasteiger partial charge in [0.1, 0.15) is 0 Å². The summed E-state index contributed by atoms with van der Waals surface area (Å²) >= 11 is 4.60. The van der Waals surface area contributed by atoms with Crippen molar-refractivity contribution in [3.63, 3.8) is 0 Å². The van der Waals surface area contributed by atoms with Crippen LogP contribution in [0.25, 0.3) is 0 Å². The first-order valence-corrected chi connectivity index (χ1v) is 7.03. The second-order valence-corrected chi connectivity index (χ2v) is 3.85. The maximum Gasteiger partial charge on any atom is 0.409 e. The summed E-state index contributed by atoms with van der Waals surface area (Å²) in [6.07, 6.45) is -0.534. The highest BCUT2D eigenvalue weighted by Crippen LogP contribution is 1.90. The molecule has 0 atom stereocenters. The van der Waals surface area contributed by atoms with E-state index in [1.807, 2.05) is 0 Å². The fourth-order valence-corrected chi connectivity index (χ4v) is 0.948. The van der Waals surface area contributed by atoms with Crippen LogP contribution in [0.2, 0.25) is 0 Å². The summed E-state index contributed by atoms with van der Waals surface area (Å²) in [6, 6.07) is 0. The number of aliphatic hydroxyl groups is 4. The summed E-state index contributed by atoms with van der Waals surface area (Å²) in [7, 11) is 2.47. The maximum absolute atomic E-state index is 10.8. The van der Waals surface area contributed by atoms with Gasteiger partial charge in [-0.15, -0.1) is 0 Å². The molecule has 0 aliphatic rings. The van der Waals surface area contributed by atoms with Gasteiger partial charge in [0.15, 0.2) is 0 Å². The Hall–Kier alpha value is -1.17. The highest BCUT2D eigenvalue weighted by Gasteiger charge is 2.10. The van der Waals surface area contributed by atoms with Crippen LogP contribution in [-0.2, 0) is 9.47 Å². The number of hydrogen-bond donors (Lipinski definition) is 5. The fourth-order valence-electron chi connectivity index (χ4n) is 0.948. The molecule has 0 saturated carbocycles. The quantitative estimate of drug-likeness (QED) is 0.271. The van der Waals surface area contributed by atoms with Gasteiger partial charge in [-0.05, 0) is 0 Å². The minimum Gasteiger partial charge on any atom is -0.457 e. The van der Waals surface area contributed by atoms with Crippen LogP contribution in [0.15, 0.2) is 0 Å². The minimum atomic E-state index is -0.773. The monoisotopic (exact) mass is 378 g/mol. The molecule has 0 spiro atoms. The summed E-state index contributed by atoms with van der Waals surface area (Å²) in [6.45, 7) is 1.53. The normalized spacial score (nSPS) is 8.46. The number of hydrogen-bond acceptors (Lipinski definition) is 9. The largest absolute Gasteiger partial charge is 0.457 e. The van der Waals surface area contributed by atoms with Crippen molar-refractivity contribution in [1.29, 1.82) is 0 Å². The lowest BCUT2D eigenvalue weighted by atomic mass is 10.5. The van der Waals surface area contributed by atoms with Gasteiger partial charge >= 0.3 is 11.5 Å². The number of nitrogens with zero attached hydrogens (tertiary/aromatic N) is 1. The van der Waals surface area contributed by atoms with E-state index in [1.165, 1.54) is 19.1 Å². The third-order valence-electron chi connectivity index (χ3n) is 1.91. The van der Waals surface area contributed by atoms with Gasteiger partial charge in [-0.1, -0.05) is 7.43 Å². The molecule has 5 N–H and O–H groups in total. The van der Waals surface area contributed by atoms with Gasteiger partial charge in [0.05, 0.1) is 40.6 Å². The molecular weight excluding hydrogens is 348 g/mol. The Balaban J connectivity index is -0.000000133. The first kappa shape index (κ1) is 30.7. The lowest BCUT2D eigenvalue weighted by molar-refractivity contribution is 0.103. The van der Waals surface area contributed by atoms with Crippen LogP contribution in [-0.4, -0.2) is 104 Å². The summed E-state index contributed by atoms with van der Waals surface area (Å²) in [4.78, 5) is 21.4. The number of nitrogens with one attached hydrogen (secondary N) is 1. The van der Waals surface area contributed by atoms with Crippen LogP contribution in [0.4, 0.5) is 9.59 Å². The van der Waals surface area contributed by atoms with Crippen LogP contribution in [0.3, 0.4) is 0 Å². The number of amides is 1. The van der Waals surface area contributed by atoms with E-state index < -0.39 is 11.5 Å². The molecule has 0 rings (SSSR count). The zero-order valence-corrected chi connectivity index (χ0v) is 14.2. The lowest BCUT2D eigenvalue weighted by Crippen LogP contribution is -2.35. The number of methoxy groups -OCH3 is 2. The Bertz CT molecular complexity index is 262. The van der Waals surface area contributed by atoms with Crippen LogP contribution in [0.1, 0.15) is 7.43 Å². The molecule has 0 aliphatic carbocycles. The molecule has 0 bridgehead atoms. The molecule has 0 aromatic heterocycles. The standard InChI is InChI=1S/C6H13NO4.C4H11NO2.C2H3ClO2.CH4/c1-11-6(10)7(2-4-8)3-5-9;6-3-1-5-2-4-7;1-5-2(3)4;/h8-9H,2-5H2,1H3;5-7H,1-4H2;1H3;1H4. The van der Waals surface area contributed by atoms with Crippen molar-refractivity contribution in [3.8, 4) is 0 Å². The minimum absolute atomic E-state index is 0. The molecule has 24 heavy (non-hydrogen) atoms. The third-order valence-corrected chi connectivity index (χ3v) is 2.06. The topological polar surface area (TPSA) is 149 Å². The van der Waals surface area contributed by atoms with Crippen LogP contribution in [0, 0.1) is 0 Å². The Morgan fingerprint density at radius 3 is 1.50 bits per heavy atom. The van der Waals surface area contributed by atoms with Gasteiger partial charge in [0.25, 0.3) is 0 Å². The second-order valence-electron chi connectivity index (χ2n) is 3.54. The Labute approximate surface area is 147 Å². The molecule has 11 heteroatoms. The summed E-state index contributed by atoms with van der Waals surface area (Å²) in [5.74, 6) is 0. The van der Waals surface area contributed by atoms with Crippen molar-refractivity contribution in [2.75, 3.05) is 66.8 Å². The number of carbonyl (C=O) groups is 2. The van der Waals surface area contributed by atoms with Crippen LogP contribution in [0.5, 0.6) is 0 Å². The molecule has 0 aromatic carbocycles. The number of ether oxygens (including phenoxy) is 2. The van der Waals surface area contributed by atoms with Gasteiger partial charge in [-0.3, -0.25) is 0 Å². The number of aliphatic hydroxyl groups excluding tert-OH is 4. The molecular formula is C13H31ClN2O8. The Morgan fingerprint density at radius 2 is 1.29 bits per heavy atom. The average Bonchev–Trinajstić information content (AvgIpc) is 2.55. The van der Waals surface area contributed by atoms with Crippen molar-refractivity contribution in [2.45, 2.75) is 7.43 Å². The van der Waals surface area contributed by atoms with Crippen LogP contribution < -0.4 is 5.32 Å². The SMILES string of the molecule is C.COC(=O)Cl.COC(=O)N(CCO)CCO.OCCNCCO. The predicted molar refractivity (Wildman–Crippen MR) is 90.2 cm³/mol. The molecule has 0 heterocycles. The third kappa shape index (κ3) is 28.9. The molecule has 0 aliphatic heterocycles. The Morgan fingerprint density at radius 1 is 0.917 bits per heavy atom. The van der Waals surface area contributed by atoms with Gasteiger partial charge < -0.3 is 40.1 Å². The van der Waals surface area contributed by atoms with Gasteiger partial charge in [-0.25, -0.2) is 9.59 Å². The smallest absolute Gasteiger partial charge is 0.409 e. The van der Waals surface area contributed by atoms with Crippen molar-refractivity contribution in [2.24, 2.45) is 0 Å². The van der Waals surface area contributed by atoms with E-state index in [0.29, 0.717) is 13.1 Å². The zero-order chi connectivity index (χ0) is 18.5. The van der Waals surface area contributed by atoms with Crippen molar-refractivity contribution >= 4 is 23.1 Å². The van der Waals surface area contributed by atoms with E-state index in [1.54, 1.807) is 0 Å². The van der Waals surface area contributed by atoms with E-state index in [-0.39, 0.29) is 46.9 Å². The van der Waals surface area contributed by atoms with Gasteiger partial charge in [-0.2, -0.15) is 0 Å². The molecule has 0 saturated heterocycles. The molecule has 10 nitrogen and oxygen atoms in total. The first-order valence-electron chi connectivity index (χ1n) is 6.65. The summed E-state index contributed by atoms with van der Waals surface area (Å²) < 4.78 is 8.26. The van der Waals surface area contributed by atoms with Crippen molar-refractivity contribution in [3.05, 3.63) is 0 Å². The maximum atomic E-state index is 10.8. The van der Waals surface area contributed by atoms with E-state index in [0.717, 1.165) is 0 Å². The Kier molecular flexibility index (Phi) is 34.2. The first-order chi connectivity index (χ1) is 10.9. The molecule has 1 amide bonds. The molecule has 0 fully saturated rings. The molecule has 0 radical (unpaired) electrons. The van der Waals surface area contributed by atoms with E-state index >= 15 is 0 Å². The molecule has 0 unspecified atom stereocenters. The predicted octanol–water partition coefficient (Wildman–Crippen LogP) is -0.772. The van der Waals surface area contributed by atoms with Gasteiger partial charge in [0, 0.05) is 37.8 Å². The number of rotatable bonds is 8. The number of carbonyl (C=O) groups excluding carboxylic acids is 2. The lowest BCUT2D eigenvalue weighted by Gasteiger charge is -2.18. The van der Waals surface area contributed by atoms with Crippen LogP contribution >= 0.6 is 11.6 Å². The molecule has 148 valence electrons. The second kappa shape index (κ2) is 26.7. The average molecular weight is 379 g/mol.